The van der Waals surface area contributed by atoms with Crippen LogP contribution in [0.1, 0.15) is 11.4 Å². The highest BCUT2D eigenvalue weighted by Gasteiger charge is 2.30. The Hall–Kier alpha value is -1.01. The number of amides is 1. The first-order chi connectivity index (χ1) is 6.16. The summed E-state index contributed by atoms with van der Waals surface area (Å²) in [5.41, 5.74) is 5.65. The molecule has 2 rings (SSSR count). The van der Waals surface area contributed by atoms with Crippen LogP contribution in [0.2, 0.25) is 0 Å². The largest absolute Gasteiger partial charge is 0.326 e. The number of nitrogens with zero attached hydrogens (tertiary/aromatic N) is 3. The summed E-state index contributed by atoms with van der Waals surface area (Å²) in [4.78, 5) is 13.0. The molecule has 13 heavy (non-hydrogen) atoms. The Labute approximate surface area is 79.6 Å². The first kappa shape index (κ1) is 8.58. The number of carbonyl (C=O) groups is 1. The Balaban J connectivity index is 2.22. The van der Waals surface area contributed by atoms with Crippen LogP contribution in [0.5, 0.6) is 0 Å². The van der Waals surface area contributed by atoms with Crippen LogP contribution < -0.4 is 10.6 Å². The van der Waals surface area contributed by atoms with E-state index in [4.69, 9.17) is 5.73 Å². The van der Waals surface area contributed by atoms with Crippen molar-refractivity contribution in [1.82, 2.24) is 10.2 Å². The number of hydrogen-bond acceptors (Lipinski definition) is 5. The number of aryl methyl sites for hydroxylation is 1. The molecule has 70 valence electrons. The van der Waals surface area contributed by atoms with Crippen molar-refractivity contribution in [3.63, 3.8) is 0 Å². The van der Waals surface area contributed by atoms with Crippen molar-refractivity contribution < 1.29 is 4.79 Å². The van der Waals surface area contributed by atoms with Gasteiger partial charge in [-0.1, -0.05) is 11.3 Å². The number of rotatable bonds is 1. The zero-order chi connectivity index (χ0) is 9.42. The SMILES string of the molecule is Cc1nnc(N2CC(N)CC2=O)s1. The second-order valence-electron chi connectivity index (χ2n) is 3.07. The summed E-state index contributed by atoms with van der Waals surface area (Å²) in [6.07, 6.45) is 0.415. The van der Waals surface area contributed by atoms with Gasteiger partial charge in [0, 0.05) is 19.0 Å². The van der Waals surface area contributed by atoms with Crippen molar-refractivity contribution in [2.75, 3.05) is 11.4 Å². The lowest BCUT2D eigenvalue weighted by Crippen LogP contribution is -2.27. The summed E-state index contributed by atoms with van der Waals surface area (Å²) in [5.74, 6) is 0.0450. The van der Waals surface area contributed by atoms with E-state index in [2.05, 4.69) is 10.2 Å². The molecule has 1 atom stereocenters. The number of nitrogens with two attached hydrogens (primary N) is 1. The lowest BCUT2D eigenvalue weighted by atomic mass is 10.3. The van der Waals surface area contributed by atoms with Crippen molar-refractivity contribution in [2.24, 2.45) is 5.73 Å². The lowest BCUT2D eigenvalue weighted by Gasteiger charge is -2.09. The van der Waals surface area contributed by atoms with Crippen molar-refractivity contribution in [3.05, 3.63) is 5.01 Å². The first-order valence-corrected chi connectivity index (χ1v) is 4.84. The third-order valence-corrected chi connectivity index (χ3v) is 2.76. The first-order valence-electron chi connectivity index (χ1n) is 4.03. The second-order valence-corrected chi connectivity index (χ2v) is 4.23. The minimum atomic E-state index is -0.0586. The molecule has 1 aromatic rings. The van der Waals surface area contributed by atoms with E-state index < -0.39 is 0 Å². The quantitative estimate of drug-likeness (QED) is 0.684. The maximum absolute atomic E-state index is 11.4. The zero-order valence-corrected chi connectivity index (χ0v) is 8.04. The molecule has 1 aliphatic rings. The fourth-order valence-corrected chi connectivity index (χ4v) is 2.03. The van der Waals surface area contributed by atoms with Crippen LogP contribution in [-0.2, 0) is 4.79 Å². The van der Waals surface area contributed by atoms with E-state index >= 15 is 0 Å². The molecule has 1 fully saturated rings. The van der Waals surface area contributed by atoms with Crippen LogP contribution >= 0.6 is 11.3 Å². The number of hydrogen-bond donors (Lipinski definition) is 1. The van der Waals surface area contributed by atoms with Crippen molar-refractivity contribution in [3.8, 4) is 0 Å². The van der Waals surface area contributed by atoms with Gasteiger partial charge in [0.05, 0.1) is 0 Å². The van der Waals surface area contributed by atoms with Gasteiger partial charge in [-0.15, -0.1) is 10.2 Å². The highest BCUT2D eigenvalue weighted by atomic mass is 32.1. The van der Waals surface area contributed by atoms with E-state index in [1.165, 1.54) is 11.3 Å². The maximum atomic E-state index is 11.4. The van der Waals surface area contributed by atoms with E-state index in [1.807, 2.05) is 6.92 Å². The van der Waals surface area contributed by atoms with Gasteiger partial charge in [0.15, 0.2) is 0 Å². The summed E-state index contributed by atoms with van der Waals surface area (Å²) in [7, 11) is 0. The van der Waals surface area contributed by atoms with E-state index in [0.29, 0.717) is 18.1 Å². The Kier molecular flexibility index (Phi) is 2.01. The van der Waals surface area contributed by atoms with E-state index in [1.54, 1.807) is 4.90 Å². The molecule has 5 nitrogen and oxygen atoms in total. The molecule has 1 aliphatic heterocycles. The molecule has 2 heterocycles. The second kappa shape index (κ2) is 3.04. The Morgan fingerprint density at radius 1 is 1.62 bits per heavy atom. The summed E-state index contributed by atoms with van der Waals surface area (Å²) >= 11 is 1.42. The molecular weight excluding hydrogens is 188 g/mol. The molecule has 0 aromatic carbocycles. The van der Waals surface area contributed by atoms with Gasteiger partial charge in [0.1, 0.15) is 5.01 Å². The van der Waals surface area contributed by atoms with E-state index in [0.717, 1.165) is 5.01 Å². The number of anilines is 1. The predicted molar refractivity (Wildman–Crippen MR) is 49.6 cm³/mol. The fourth-order valence-electron chi connectivity index (χ4n) is 1.32. The summed E-state index contributed by atoms with van der Waals surface area (Å²) in [6, 6.07) is -0.0586. The average molecular weight is 198 g/mol. The Morgan fingerprint density at radius 3 is 2.85 bits per heavy atom. The van der Waals surface area contributed by atoms with Gasteiger partial charge < -0.3 is 5.73 Å². The average Bonchev–Trinajstić information content (AvgIpc) is 2.58. The zero-order valence-electron chi connectivity index (χ0n) is 7.23. The molecule has 0 saturated carbocycles. The molecule has 1 unspecified atom stereocenters. The van der Waals surface area contributed by atoms with Gasteiger partial charge >= 0.3 is 0 Å². The molecule has 0 bridgehead atoms. The third kappa shape index (κ3) is 1.54. The van der Waals surface area contributed by atoms with E-state index in [9.17, 15) is 4.79 Å². The van der Waals surface area contributed by atoms with Gasteiger partial charge in [-0.05, 0) is 6.92 Å². The molecule has 2 N–H and O–H groups in total. The molecule has 6 heteroatoms. The highest BCUT2D eigenvalue weighted by molar-refractivity contribution is 7.15. The van der Waals surface area contributed by atoms with Crippen molar-refractivity contribution >= 4 is 22.4 Å². The van der Waals surface area contributed by atoms with Crippen molar-refractivity contribution in [1.29, 1.82) is 0 Å². The summed E-state index contributed by atoms with van der Waals surface area (Å²) in [6.45, 7) is 2.43. The van der Waals surface area contributed by atoms with Gasteiger partial charge in [-0.2, -0.15) is 0 Å². The molecule has 0 radical (unpaired) electrons. The van der Waals surface area contributed by atoms with E-state index in [-0.39, 0.29) is 11.9 Å². The summed E-state index contributed by atoms with van der Waals surface area (Å²) in [5, 5.41) is 9.28. The number of carbonyl (C=O) groups excluding carboxylic acids is 1. The lowest BCUT2D eigenvalue weighted by molar-refractivity contribution is -0.117. The monoisotopic (exact) mass is 198 g/mol. The van der Waals surface area contributed by atoms with Crippen LogP contribution in [0.3, 0.4) is 0 Å². The Bertz CT molecular complexity index is 337. The van der Waals surface area contributed by atoms with Crippen LogP contribution in [-0.4, -0.2) is 28.7 Å². The summed E-state index contributed by atoms with van der Waals surface area (Å²) < 4.78 is 0. The number of aromatic nitrogens is 2. The van der Waals surface area contributed by atoms with Gasteiger partial charge in [-0.3, -0.25) is 9.69 Å². The van der Waals surface area contributed by atoms with Crippen LogP contribution in [0.25, 0.3) is 0 Å². The highest BCUT2D eigenvalue weighted by Crippen LogP contribution is 2.23. The topological polar surface area (TPSA) is 72.1 Å². The normalized spacial score (nSPS) is 22.8. The third-order valence-electron chi connectivity index (χ3n) is 1.90. The van der Waals surface area contributed by atoms with Crippen LogP contribution in [0.15, 0.2) is 0 Å². The van der Waals surface area contributed by atoms with Gasteiger partial charge in [-0.25, -0.2) is 0 Å². The molecule has 1 saturated heterocycles. The standard InChI is InChI=1S/C7H10N4OS/c1-4-9-10-7(13-4)11-3-5(8)2-6(11)12/h5H,2-3,8H2,1H3. The molecule has 0 spiro atoms. The fraction of sp³-hybridized carbons (Fsp3) is 0.571. The minimum Gasteiger partial charge on any atom is -0.326 e. The Morgan fingerprint density at radius 2 is 2.38 bits per heavy atom. The molecule has 1 aromatic heterocycles. The van der Waals surface area contributed by atoms with Crippen LogP contribution in [0, 0.1) is 6.92 Å². The van der Waals surface area contributed by atoms with Crippen LogP contribution in [0.4, 0.5) is 5.13 Å². The molecular formula is C7H10N4OS. The van der Waals surface area contributed by atoms with Gasteiger partial charge in [0.25, 0.3) is 0 Å². The maximum Gasteiger partial charge on any atom is 0.230 e. The minimum absolute atomic E-state index is 0.0450. The smallest absolute Gasteiger partial charge is 0.230 e. The molecule has 0 aliphatic carbocycles. The van der Waals surface area contributed by atoms with Crippen molar-refractivity contribution in [2.45, 2.75) is 19.4 Å². The molecule has 1 amide bonds. The predicted octanol–water partition coefficient (Wildman–Crippen LogP) is -0.0895. The van der Waals surface area contributed by atoms with Gasteiger partial charge in [0.2, 0.25) is 11.0 Å².